The van der Waals surface area contributed by atoms with Crippen molar-refractivity contribution in [3.05, 3.63) is 71.9 Å². The van der Waals surface area contributed by atoms with Gasteiger partial charge < -0.3 is 38.1 Å². The molecule has 3 aromatic rings. The Morgan fingerprint density at radius 1 is 0.648 bits per heavy atom. The molecule has 0 aliphatic heterocycles. The van der Waals surface area contributed by atoms with E-state index in [9.17, 15) is 19.2 Å². The number of rotatable bonds is 28. The predicted octanol–water partition coefficient (Wildman–Crippen LogP) is 5.43. The fourth-order valence-electron chi connectivity index (χ4n) is 6.69. The summed E-state index contributed by atoms with van der Waals surface area (Å²) < 4.78 is 0. The number of guanidine groups is 1. The number of hydrogen-bond donors (Lipinski definition) is 7. The minimum atomic E-state index is -1.05. The molecule has 0 bridgehead atoms. The molecule has 4 amide bonds. The number of hydrogen-bond acceptors (Lipinski definition) is 5. The van der Waals surface area contributed by atoms with Crippen molar-refractivity contribution >= 4 is 40.5 Å². The Morgan fingerprint density at radius 3 is 1.85 bits per heavy atom. The molecule has 54 heavy (non-hydrogen) atoms. The molecule has 3 atom stereocenters. The Labute approximate surface area is 321 Å². The number of unbranched alkanes of at least 4 members (excludes halogenated alkanes) is 12. The van der Waals surface area contributed by atoms with Crippen LogP contribution >= 0.6 is 0 Å². The molecule has 296 valence electrons. The number of nitrogens with zero attached hydrogens (tertiary/aromatic N) is 1. The molecule has 10 N–H and O–H groups in total. The molecular weight excluding hydrogens is 681 g/mol. The topological polar surface area (TPSA) is 211 Å². The largest absolute Gasteiger partial charge is 0.370 e. The third-order valence-electron chi connectivity index (χ3n) is 9.78. The third kappa shape index (κ3) is 16.9. The van der Waals surface area contributed by atoms with Gasteiger partial charge in [0.05, 0.1) is 0 Å². The highest BCUT2D eigenvalue weighted by Gasteiger charge is 2.29. The lowest BCUT2D eigenvalue weighted by molar-refractivity contribution is -0.133. The van der Waals surface area contributed by atoms with Crippen molar-refractivity contribution in [2.45, 2.75) is 141 Å². The van der Waals surface area contributed by atoms with E-state index in [1.807, 2.05) is 54.6 Å². The molecule has 1 heterocycles. The average molecular weight is 745 g/mol. The Hall–Kier alpha value is -4.87. The van der Waals surface area contributed by atoms with Crippen LogP contribution in [-0.4, -0.2) is 59.2 Å². The second kappa shape index (κ2) is 25.2. The Balaban J connectivity index is 1.59. The zero-order valence-electron chi connectivity index (χ0n) is 32.3. The van der Waals surface area contributed by atoms with Crippen LogP contribution in [0.15, 0.2) is 65.8 Å². The highest BCUT2D eigenvalue weighted by atomic mass is 16.2. The number of aliphatic imine (C=N–C) groups is 1. The quantitative estimate of drug-likeness (QED) is 0.0293. The number of H-pyrrole nitrogens is 1. The molecule has 0 aliphatic carbocycles. The number of fused-ring (bicyclic) bond motifs is 1. The standard InChI is InChI=1S/C42H64N8O4/c1-2-3-4-5-6-7-8-9-10-11-12-13-17-26-38(51)48-37(28-31-21-15-14-16-22-31)41(54)49-35(25-20-27-46-42(44)45)40(53)50-36(39(43)52)29-32-30-47-34-24-19-18-23-33(32)34/h14-16,18-19,21-24,30,35-37,47H,2-13,17,20,25-29H2,1H3,(H2,43,52)(H,48,51)(H,49,54)(H,50,53)(H4,44,45,46)/t35-,36-,37+/m0/s1. The maximum absolute atomic E-state index is 13.9. The lowest BCUT2D eigenvalue weighted by Crippen LogP contribution is -2.57. The summed E-state index contributed by atoms with van der Waals surface area (Å²) in [5.74, 6) is -2.08. The fourth-order valence-corrected chi connectivity index (χ4v) is 6.69. The van der Waals surface area contributed by atoms with Crippen LogP contribution in [0.25, 0.3) is 10.9 Å². The smallest absolute Gasteiger partial charge is 0.243 e. The molecule has 0 saturated carbocycles. The first-order chi connectivity index (χ1) is 26.2. The van der Waals surface area contributed by atoms with E-state index in [2.05, 4.69) is 32.9 Å². The van der Waals surface area contributed by atoms with Crippen LogP contribution in [0.5, 0.6) is 0 Å². The molecule has 0 spiro atoms. The van der Waals surface area contributed by atoms with Crippen LogP contribution in [0.3, 0.4) is 0 Å². The zero-order valence-corrected chi connectivity index (χ0v) is 32.3. The summed E-state index contributed by atoms with van der Waals surface area (Å²) in [6.07, 6.45) is 18.8. The molecular formula is C42H64N8O4. The van der Waals surface area contributed by atoms with Crippen LogP contribution in [0.1, 0.15) is 121 Å². The van der Waals surface area contributed by atoms with Gasteiger partial charge in [-0.05, 0) is 36.5 Å². The normalized spacial score (nSPS) is 12.8. The molecule has 0 radical (unpaired) electrons. The zero-order chi connectivity index (χ0) is 39.0. The van der Waals surface area contributed by atoms with Crippen LogP contribution in [0.4, 0.5) is 0 Å². The van der Waals surface area contributed by atoms with Crippen LogP contribution in [-0.2, 0) is 32.0 Å². The van der Waals surface area contributed by atoms with Crippen LogP contribution in [0.2, 0.25) is 0 Å². The Morgan fingerprint density at radius 2 is 1.22 bits per heavy atom. The van der Waals surface area contributed by atoms with E-state index in [-0.39, 0.29) is 37.7 Å². The van der Waals surface area contributed by atoms with E-state index < -0.39 is 35.8 Å². The van der Waals surface area contributed by atoms with Gasteiger partial charge in [-0.3, -0.25) is 24.2 Å². The van der Waals surface area contributed by atoms with E-state index in [1.54, 1.807) is 6.20 Å². The highest BCUT2D eigenvalue weighted by Crippen LogP contribution is 2.19. The average Bonchev–Trinajstić information content (AvgIpc) is 3.57. The number of nitrogens with one attached hydrogen (secondary N) is 4. The molecule has 1 aromatic heterocycles. The van der Waals surface area contributed by atoms with Crippen molar-refractivity contribution in [3.8, 4) is 0 Å². The van der Waals surface area contributed by atoms with Crippen molar-refractivity contribution in [2.75, 3.05) is 6.54 Å². The van der Waals surface area contributed by atoms with Crippen LogP contribution in [0, 0.1) is 0 Å². The fraction of sp³-hybridized carbons (Fsp3) is 0.548. The van der Waals surface area contributed by atoms with Gasteiger partial charge in [-0.1, -0.05) is 133 Å². The summed E-state index contributed by atoms with van der Waals surface area (Å²) in [7, 11) is 0. The van der Waals surface area contributed by atoms with E-state index in [0.29, 0.717) is 12.8 Å². The summed E-state index contributed by atoms with van der Waals surface area (Å²) in [5, 5.41) is 9.44. The monoisotopic (exact) mass is 745 g/mol. The van der Waals surface area contributed by atoms with E-state index >= 15 is 0 Å². The summed E-state index contributed by atoms with van der Waals surface area (Å²) in [4.78, 5) is 60.5. The lowest BCUT2D eigenvalue weighted by Gasteiger charge is -2.25. The Kier molecular flexibility index (Phi) is 20.3. The van der Waals surface area contributed by atoms with Gasteiger partial charge in [0.2, 0.25) is 23.6 Å². The van der Waals surface area contributed by atoms with Gasteiger partial charge in [-0.25, -0.2) is 0 Å². The molecule has 2 aromatic carbocycles. The number of aromatic nitrogens is 1. The van der Waals surface area contributed by atoms with Gasteiger partial charge in [0.1, 0.15) is 18.1 Å². The SMILES string of the molecule is CCCCCCCCCCCCCCCC(=O)N[C@H](Cc1ccccc1)C(=O)N[C@@H](CCCN=C(N)N)C(=O)N[C@@H](Cc1c[nH]c2ccccc12)C(N)=O. The molecule has 3 rings (SSSR count). The first-order valence-corrected chi connectivity index (χ1v) is 20.0. The molecule has 0 aliphatic rings. The van der Waals surface area contributed by atoms with Gasteiger partial charge >= 0.3 is 0 Å². The maximum Gasteiger partial charge on any atom is 0.243 e. The highest BCUT2D eigenvalue weighted by molar-refractivity contribution is 5.94. The Bertz CT molecular complexity index is 1590. The number of benzene rings is 2. The summed E-state index contributed by atoms with van der Waals surface area (Å²) >= 11 is 0. The van der Waals surface area contributed by atoms with Gasteiger partial charge in [0, 0.05) is 42.9 Å². The van der Waals surface area contributed by atoms with E-state index in [4.69, 9.17) is 17.2 Å². The van der Waals surface area contributed by atoms with Crippen molar-refractivity contribution in [3.63, 3.8) is 0 Å². The number of carbonyl (C=O) groups is 4. The summed E-state index contributed by atoms with van der Waals surface area (Å²) in [5.41, 5.74) is 19.3. The first-order valence-electron chi connectivity index (χ1n) is 20.0. The van der Waals surface area contributed by atoms with E-state index in [0.717, 1.165) is 41.3 Å². The molecule has 0 unspecified atom stereocenters. The van der Waals surface area contributed by atoms with Gasteiger partial charge in [-0.2, -0.15) is 0 Å². The van der Waals surface area contributed by atoms with Crippen molar-refractivity contribution in [1.82, 2.24) is 20.9 Å². The van der Waals surface area contributed by atoms with Crippen molar-refractivity contribution in [2.24, 2.45) is 22.2 Å². The first kappa shape index (κ1) is 43.5. The number of aromatic amines is 1. The van der Waals surface area contributed by atoms with E-state index in [1.165, 1.54) is 64.2 Å². The minimum absolute atomic E-state index is 0.0818. The number of para-hydroxylation sites is 1. The lowest BCUT2D eigenvalue weighted by atomic mass is 10.0. The number of amides is 4. The third-order valence-corrected chi connectivity index (χ3v) is 9.78. The summed E-state index contributed by atoms with van der Waals surface area (Å²) in [6, 6.07) is 14.0. The van der Waals surface area contributed by atoms with Crippen molar-refractivity contribution < 1.29 is 19.2 Å². The number of carbonyl (C=O) groups excluding carboxylic acids is 4. The predicted molar refractivity (Wildman–Crippen MR) is 217 cm³/mol. The van der Waals surface area contributed by atoms with Gasteiger partial charge in [0.25, 0.3) is 0 Å². The van der Waals surface area contributed by atoms with Gasteiger partial charge in [-0.15, -0.1) is 0 Å². The molecule has 12 heteroatoms. The molecule has 0 fully saturated rings. The minimum Gasteiger partial charge on any atom is -0.370 e. The van der Waals surface area contributed by atoms with Crippen LogP contribution < -0.4 is 33.2 Å². The van der Waals surface area contributed by atoms with Gasteiger partial charge in [0.15, 0.2) is 5.96 Å². The molecule has 12 nitrogen and oxygen atoms in total. The maximum atomic E-state index is 13.9. The second-order valence-corrected chi connectivity index (χ2v) is 14.3. The summed E-state index contributed by atoms with van der Waals surface area (Å²) in [6.45, 7) is 2.48. The molecule has 0 saturated heterocycles. The number of nitrogens with two attached hydrogens (primary N) is 3. The second-order valence-electron chi connectivity index (χ2n) is 14.3. The van der Waals surface area contributed by atoms with Crippen molar-refractivity contribution in [1.29, 1.82) is 0 Å². The number of primary amides is 1.